The number of nitrogens with one attached hydrogen (secondary N) is 1. The molecule has 0 amide bonds. The predicted molar refractivity (Wildman–Crippen MR) is 77.7 cm³/mol. The molecule has 2 aromatic heterocycles. The van der Waals surface area contributed by atoms with Crippen molar-refractivity contribution in [2.24, 2.45) is 5.92 Å². The first-order valence-corrected chi connectivity index (χ1v) is 7.37. The van der Waals surface area contributed by atoms with E-state index in [1.807, 2.05) is 0 Å². The van der Waals surface area contributed by atoms with Gasteiger partial charge < -0.3 is 9.15 Å². The van der Waals surface area contributed by atoms with Gasteiger partial charge in [-0.1, -0.05) is 13.3 Å². The third kappa shape index (κ3) is 3.15. The van der Waals surface area contributed by atoms with Crippen molar-refractivity contribution in [2.75, 3.05) is 6.61 Å². The minimum Gasteiger partial charge on any atom is -0.464 e. The van der Waals surface area contributed by atoms with Gasteiger partial charge in [-0.05, 0) is 37.2 Å². The number of aromatic nitrogens is 2. The number of hydrogen-bond donors (Lipinski definition) is 1. The Kier molecular flexibility index (Phi) is 3.77. The van der Waals surface area contributed by atoms with Gasteiger partial charge in [0.25, 0.3) is 11.6 Å². The van der Waals surface area contributed by atoms with E-state index in [1.54, 1.807) is 0 Å². The first-order chi connectivity index (χ1) is 10.2. The second kappa shape index (κ2) is 5.71. The third-order valence-electron chi connectivity index (χ3n) is 3.63. The lowest BCUT2D eigenvalue weighted by Gasteiger charge is -2.06. The molecule has 1 fully saturated rings. The van der Waals surface area contributed by atoms with E-state index in [1.165, 1.54) is 6.07 Å². The Morgan fingerprint density at radius 3 is 2.95 bits per heavy atom. The van der Waals surface area contributed by atoms with E-state index >= 15 is 0 Å². The van der Waals surface area contributed by atoms with Gasteiger partial charge >= 0.3 is 5.63 Å². The van der Waals surface area contributed by atoms with Gasteiger partial charge in [0.15, 0.2) is 0 Å². The molecular formula is C15H18N2O4. The van der Waals surface area contributed by atoms with Crippen LogP contribution in [0.15, 0.2) is 20.1 Å². The van der Waals surface area contributed by atoms with E-state index in [0.717, 1.165) is 25.7 Å². The molecule has 6 nitrogen and oxygen atoms in total. The SMILES string of the molecule is CCCCc1cc(=O)oc2nc(OCC3CC3)[nH]c(=O)c12. The topological polar surface area (TPSA) is 85.2 Å². The molecule has 3 rings (SSSR count). The second-order valence-corrected chi connectivity index (χ2v) is 5.50. The minimum atomic E-state index is -0.486. The summed E-state index contributed by atoms with van der Waals surface area (Å²) in [7, 11) is 0. The van der Waals surface area contributed by atoms with Crippen molar-refractivity contribution < 1.29 is 9.15 Å². The highest BCUT2D eigenvalue weighted by Gasteiger charge is 2.22. The number of hydrogen-bond acceptors (Lipinski definition) is 5. The summed E-state index contributed by atoms with van der Waals surface area (Å²) in [6.07, 6.45) is 4.83. The van der Waals surface area contributed by atoms with Gasteiger partial charge in [-0.2, -0.15) is 4.98 Å². The highest BCUT2D eigenvalue weighted by Crippen LogP contribution is 2.29. The molecule has 1 saturated carbocycles. The number of aryl methyl sites for hydroxylation is 1. The summed E-state index contributed by atoms with van der Waals surface area (Å²) in [4.78, 5) is 30.6. The number of aromatic amines is 1. The lowest BCUT2D eigenvalue weighted by atomic mass is 10.1. The van der Waals surface area contributed by atoms with Crippen LogP contribution < -0.4 is 15.9 Å². The Labute approximate surface area is 121 Å². The van der Waals surface area contributed by atoms with E-state index in [9.17, 15) is 9.59 Å². The minimum absolute atomic E-state index is 0.0585. The normalized spacial score (nSPS) is 14.5. The summed E-state index contributed by atoms with van der Waals surface area (Å²) in [5.74, 6) is 0.550. The molecule has 0 spiro atoms. The average molecular weight is 290 g/mol. The van der Waals surface area contributed by atoms with Crippen LogP contribution in [0.2, 0.25) is 0 Å². The van der Waals surface area contributed by atoms with Crippen LogP contribution in [0.5, 0.6) is 6.01 Å². The lowest BCUT2D eigenvalue weighted by Crippen LogP contribution is -2.16. The molecule has 0 saturated heterocycles. The zero-order chi connectivity index (χ0) is 14.8. The summed E-state index contributed by atoms with van der Waals surface area (Å²) in [5, 5.41) is 0.349. The zero-order valence-electron chi connectivity index (χ0n) is 12.0. The summed E-state index contributed by atoms with van der Waals surface area (Å²) in [6, 6.07) is 1.50. The van der Waals surface area contributed by atoms with E-state index in [4.69, 9.17) is 9.15 Å². The fourth-order valence-corrected chi connectivity index (χ4v) is 2.24. The first-order valence-electron chi connectivity index (χ1n) is 7.37. The van der Waals surface area contributed by atoms with E-state index in [2.05, 4.69) is 16.9 Å². The Balaban J connectivity index is 2.00. The van der Waals surface area contributed by atoms with Crippen molar-refractivity contribution in [3.8, 4) is 6.01 Å². The maximum absolute atomic E-state index is 12.2. The Morgan fingerprint density at radius 2 is 2.24 bits per heavy atom. The molecule has 0 bridgehead atoms. The molecule has 0 aromatic carbocycles. The van der Waals surface area contributed by atoms with Crippen LogP contribution in [0.1, 0.15) is 38.2 Å². The highest BCUT2D eigenvalue weighted by atomic mass is 16.5. The van der Waals surface area contributed by atoms with Crippen LogP contribution in [-0.2, 0) is 6.42 Å². The van der Waals surface area contributed by atoms with E-state index in [-0.39, 0.29) is 17.3 Å². The van der Waals surface area contributed by atoms with Gasteiger partial charge in [-0.25, -0.2) is 4.79 Å². The predicted octanol–water partition coefficient (Wildman–Crippen LogP) is 2.01. The fourth-order valence-electron chi connectivity index (χ4n) is 2.24. The molecule has 0 unspecified atom stereocenters. The largest absolute Gasteiger partial charge is 0.464 e. The van der Waals surface area contributed by atoms with Crippen molar-refractivity contribution in [2.45, 2.75) is 39.0 Å². The maximum Gasteiger partial charge on any atom is 0.337 e. The molecule has 6 heteroatoms. The Morgan fingerprint density at radius 1 is 1.43 bits per heavy atom. The monoisotopic (exact) mass is 290 g/mol. The molecule has 112 valence electrons. The van der Waals surface area contributed by atoms with Gasteiger partial charge in [0.2, 0.25) is 5.71 Å². The maximum atomic E-state index is 12.2. The zero-order valence-corrected chi connectivity index (χ0v) is 12.0. The van der Waals surface area contributed by atoms with Crippen molar-refractivity contribution in [3.63, 3.8) is 0 Å². The van der Waals surface area contributed by atoms with E-state index < -0.39 is 5.63 Å². The quantitative estimate of drug-likeness (QED) is 0.879. The molecule has 1 aliphatic carbocycles. The molecule has 1 N–H and O–H groups in total. The number of rotatable bonds is 6. The van der Waals surface area contributed by atoms with Crippen LogP contribution in [0.4, 0.5) is 0 Å². The lowest BCUT2D eigenvalue weighted by molar-refractivity contribution is 0.275. The van der Waals surface area contributed by atoms with Crippen LogP contribution in [0.25, 0.3) is 11.1 Å². The van der Waals surface area contributed by atoms with Gasteiger partial charge in [-0.3, -0.25) is 9.78 Å². The summed E-state index contributed by atoms with van der Waals surface area (Å²) < 4.78 is 10.5. The summed E-state index contributed by atoms with van der Waals surface area (Å²) in [5.41, 5.74) is -0.0609. The van der Waals surface area contributed by atoms with Crippen LogP contribution in [0, 0.1) is 5.92 Å². The summed E-state index contributed by atoms with van der Waals surface area (Å²) in [6.45, 7) is 2.59. The number of H-pyrrole nitrogens is 1. The number of unbranched alkanes of at least 4 members (excludes halogenated alkanes) is 1. The number of ether oxygens (including phenoxy) is 1. The third-order valence-corrected chi connectivity index (χ3v) is 3.63. The first kappa shape index (κ1) is 13.9. The Bertz CT molecular complexity index is 758. The molecule has 1 aliphatic rings. The second-order valence-electron chi connectivity index (χ2n) is 5.50. The van der Waals surface area contributed by atoms with Crippen molar-refractivity contribution in [1.29, 1.82) is 0 Å². The number of fused-ring (bicyclic) bond motifs is 1. The summed E-state index contributed by atoms with van der Waals surface area (Å²) >= 11 is 0. The molecular weight excluding hydrogens is 272 g/mol. The van der Waals surface area contributed by atoms with Crippen molar-refractivity contribution in [3.05, 3.63) is 32.4 Å². The molecule has 0 atom stereocenters. The van der Waals surface area contributed by atoms with Gasteiger partial charge in [-0.15, -0.1) is 0 Å². The van der Waals surface area contributed by atoms with Crippen molar-refractivity contribution >= 4 is 11.1 Å². The van der Waals surface area contributed by atoms with Crippen LogP contribution >= 0.6 is 0 Å². The standard InChI is InChI=1S/C15H18N2O4/c1-2-3-4-10-7-11(18)21-14-12(10)13(19)16-15(17-14)20-8-9-5-6-9/h7,9H,2-6,8H2,1H3,(H,16,17,19). The molecule has 0 radical (unpaired) electrons. The number of nitrogens with zero attached hydrogens (tertiary/aromatic N) is 1. The Hall–Kier alpha value is -2.11. The van der Waals surface area contributed by atoms with Gasteiger partial charge in [0, 0.05) is 6.07 Å². The van der Waals surface area contributed by atoms with Gasteiger partial charge in [0.05, 0.1) is 6.61 Å². The molecule has 21 heavy (non-hydrogen) atoms. The van der Waals surface area contributed by atoms with Crippen LogP contribution in [0.3, 0.4) is 0 Å². The van der Waals surface area contributed by atoms with Gasteiger partial charge in [0.1, 0.15) is 5.39 Å². The smallest absolute Gasteiger partial charge is 0.337 e. The van der Waals surface area contributed by atoms with E-state index in [0.29, 0.717) is 29.9 Å². The molecule has 0 aliphatic heterocycles. The van der Waals surface area contributed by atoms with Crippen LogP contribution in [-0.4, -0.2) is 16.6 Å². The highest BCUT2D eigenvalue weighted by molar-refractivity contribution is 5.75. The molecule has 2 aromatic rings. The van der Waals surface area contributed by atoms with Crippen molar-refractivity contribution in [1.82, 2.24) is 9.97 Å². The fraction of sp³-hybridized carbons (Fsp3) is 0.533. The average Bonchev–Trinajstić information content (AvgIpc) is 3.26. The molecule has 2 heterocycles.